The normalized spacial score (nSPS) is 19.9. The number of Topliss-reactive ketones (excluding diaryl/α,β-unsaturated/α-hetero) is 1. The van der Waals surface area contributed by atoms with Gasteiger partial charge in [0.25, 0.3) is 0 Å². The number of phosphoric acid groups is 1. The van der Waals surface area contributed by atoms with Gasteiger partial charge in [-0.2, -0.15) is 0 Å². The van der Waals surface area contributed by atoms with Gasteiger partial charge in [0.05, 0.1) is 25.4 Å². The third-order valence-corrected chi connectivity index (χ3v) is 10.5. The number of esters is 2. The van der Waals surface area contributed by atoms with Crippen LogP contribution in [0.4, 0.5) is 0 Å². The third-order valence-electron chi connectivity index (χ3n) is 9.56. The van der Waals surface area contributed by atoms with Crippen molar-refractivity contribution in [2.45, 2.75) is 180 Å². The second kappa shape index (κ2) is 30.6. The zero-order valence-electron chi connectivity index (χ0n) is 32.3. The molecule has 0 bridgehead atoms. The fourth-order valence-electron chi connectivity index (χ4n) is 6.48. The second-order valence-electron chi connectivity index (χ2n) is 14.3. The number of allylic oxidation sites excluding steroid dienone is 1. The molecule has 1 fully saturated rings. The molecule has 1 rings (SSSR count). The molecule has 52 heavy (non-hydrogen) atoms. The van der Waals surface area contributed by atoms with Crippen molar-refractivity contribution in [2.75, 3.05) is 26.4 Å². The number of nitrogens with two attached hydrogens (primary N) is 1. The lowest BCUT2D eigenvalue weighted by Crippen LogP contribution is -2.29. The van der Waals surface area contributed by atoms with Crippen molar-refractivity contribution in [1.82, 2.24) is 0 Å². The van der Waals surface area contributed by atoms with E-state index in [4.69, 9.17) is 24.3 Å². The van der Waals surface area contributed by atoms with Crippen LogP contribution in [-0.4, -0.2) is 77.5 Å². The minimum atomic E-state index is -4.42. The predicted molar refractivity (Wildman–Crippen MR) is 202 cm³/mol. The molecule has 304 valence electrons. The van der Waals surface area contributed by atoms with Gasteiger partial charge in [-0.05, 0) is 31.6 Å². The van der Waals surface area contributed by atoms with Crippen molar-refractivity contribution in [3.8, 4) is 0 Å². The van der Waals surface area contributed by atoms with Crippen molar-refractivity contribution in [3.63, 3.8) is 0 Å². The number of ketones is 1. The van der Waals surface area contributed by atoms with E-state index in [1.165, 1.54) is 44.9 Å². The minimum absolute atomic E-state index is 0.00520. The molecular formula is C39H72NO11P. The number of aliphatic hydroxyl groups is 2. The van der Waals surface area contributed by atoms with Crippen LogP contribution in [0.5, 0.6) is 0 Å². The summed E-state index contributed by atoms with van der Waals surface area (Å²) >= 11 is 0. The lowest BCUT2D eigenvalue weighted by molar-refractivity contribution is -0.161. The molecule has 6 atom stereocenters. The summed E-state index contributed by atoms with van der Waals surface area (Å²) in [6.45, 7) is 3.34. The minimum Gasteiger partial charge on any atom is -0.462 e. The highest BCUT2D eigenvalue weighted by atomic mass is 31.2. The smallest absolute Gasteiger partial charge is 0.462 e. The van der Waals surface area contributed by atoms with Gasteiger partial charge in [-0.3, -0.25) is 23.4 Å². The van der Waals surface area contributed by atoms with Crippen LogP contribution in [0.2, 0.25) is 0 Å². The molecule has 0 saturated heterocycles. The van der Waals surface area contributed by atoms with Gasteiger partial charge in [0, 0.05) is 31.7 Å². The van der Waals surface area contributed by atoms with E-state index in [9.17, 15) is 34.1 Å². The molecule has 5 N–H and O–H groups in total. The monoisotopic (exact) mass is 761 g/mol. The van der Waals surface area contributed by atoms with Gasteiger partial charge in [0.2, 0.25) is 0 Å². The summed E-state index contributed by atoms with van der Waals surface area (Å²) in [4.78, 5) is 47.4. The average molecular weight is 762 g/mol. The molecular weight excluding hydrogens is 689 g/mol. The zero-order valence-corrected chi connectivity index (χ0v) is 33.2. The molecule has 0 aromatic heterocycles. The van der Waals surface area contributed by atoms with E-state index < -0.39 is 44.7 Å². The third kappa shape index (κ3) is 24.6. The molecule has 12 nitrogen and oxygen atoms in total. The SMILES string of the molecule is CCCCCCCCCCCCCC(=O)O[C@H](COC(=O)CCCCCC[C@H]1[C@@H](O)CC(=O)[C@@H]1/C=C/[C@@H](O)CCCCC)COP(=O)(O)OCCN. The molecule has 0 radical (unpaired) electrons. The van der Waals surface area contributed by atoms with E-state index in [1.807, 2.05) is 0 Å². The Morgan fingerprint density at radius 3 is 2.00 bits per heavy atom. The first-order chi connectivity index (χ1) is 25.0. The molecule has 0 heterocycles. The maximum Gasteiger partial charge on any atom is 0.472 e. The lowest BCUT2D eigenvalue weighted by Gasteiger charge is -2.20. The summed E-state index contributed by atoms with van der Waals surface area (Å²) in [5, 5.41) is 20.7. The van der Waals surface area contributed by atoms with Crippen LogP contribution in [0.15, 0.2) is 12.2 Å². The molecule has 0 aliphatic heterocycles. The Hall–Kier alpha value is -1.66. The highest BCUT2D eigenvalue weighted by molar-refractivity contribution is 7.47. The maximum atomic E-state index is 12.5. The van der Waals surface area contributed by atoms with Gasteiger partial charge < -0.3 is 30.3 Å². The van der Waals surface area contributed by atoms with Crippen LogP contribution < -0.4 is 5.73 Å². The molecule has 1 aliphatic rings. The van der Waals surface area contributed by atoms with Crippen LogP contribution in [-0.2, 0) is 37.5 Å². The molecule has 0 aromatic rings. The average Bonchev–Trinajstić information content (AvgIpc) is 3.38. The van der Waals surface area contributed by atoms with Gasteiger partial charge >= 0.3 is 19.8 Å². The Morgan fingerprint density at radius 2 is 1.38 bits per heavy atom. The Morgan fingerprint density at radius 1 is 0.827 bits per heavy atom. The maximum absolute atomic E-state index is 12.5. The Bertz CT molecular complexity index is 1030. The number of hydrogen-bond donors (Lipinski definition) is 4. The van der Waals surface area contributed by atoms with Gasteiger partial charge in [-0.15, -0.1) is 0 Å². The van der Waals surface area contributed by atoms with Crippen molar-refractivity contribution >= 4 is 25.5 Å². The first-order valence-corrected chi connectivity index (χ1v) is 21.8. The number of carbonyl (C=O) groups excluding carboxylic acids is 3. The van der Waals surface area contributed by atoms with Crippen molar-refractivity contribution in [1.29, 1.82) is 0 Å². The van der Waals surface area contributed by atoms with E-state index in [0.29, 0.717) is 25.7 Å². The molecule has 1 aliphatic carbocycles. The van der Waals surface area contributed by atoms with Crippen molar-refractivity contribution in [2.24, 2.45) is 17.6 Å². The number of carbonyl (C=O) groups is 3. The van der Waals surface area contributed by atoms with E-state index in [1.54, 1.807) is 12.2 Å². The standard InChI is InChI=1S/C39H72NO11P/c1-3-5-7-8-9-10-11-12-13-14-20-24-39(45)51-33(31-50-52(46,47)49-28-27-40)30-48-38(44)23-19-16-15-18-22-34-35(37(43)29-36(34)42)26-25-32(41)21-17-6-4-2/h25-26,32-36,41-42H,3-24,27-31,40H2,1-2H3,(H,46,47)/b26-25+/t32-,33+,34+,35+,36-/m0/s1. The zero-order chi connectivity index (χ0) is 38.5. The van der Waals surface area contributed by atoms with E-state index in [-0.39, 0.29) is 56.6 Å². The Balaban J connectivity index is 2.41. The summed E-state index contributed by atoms with van der Waals surface area (Å²) < 4.78 is 32.6. The van der Waals surface area contributed by atoms with Gasteiger partial charge in [-0.1, -0.05) is 129 Å². The van der Waals surface area contributed by atoms with E-state index in [2.05, 4.69) is 13.8 Å². The number of hydrogen-bond acceptors (Lipinski definition) is 11. The molecule has 13 heteroatoms. The number of rotatable bonds is 34. The number of unbranched alkanes of at least 4 members (excludes halogenated alkanes) is 15. The largest absolute Gasteiger partial charge is 0.472 e. The highest BCUT2D eigenvalue weighted by Crippen LogP contribution is 2.43. The fourth-order valence-corrected chi connectivity index (χ4v) is 7.24. The Labute approximate surface area is 313 Å². The van der Waals surface area contributed by atoms with Crippen molar-refractivity contribution < 1.29 is 52.6 Å². The molecule has 1 saturated carbocycles. The molecule has 0 spiro atoms. The van der Waals surface area contributed by atoms with Gasteiger partial charge in [0.1, 0.15) is 12.4 Å². The quantitative estimate of drug-likeness (QED) is 0.0217. The second-order valence-corrected chi connectivity index (χ2v) is 15.7. The van der Waals surface area contributed by atoms with Crippen molar-refractivity contribution in [3.05, 3.63) is 12.2 Å². The van der Waals surface area contributed by atoms with Crippen LogP contribution in [0.25, 0.3) is 0 Å². The summed E-state index contributed by atoms with van der Waals surface area (Å²) in [5.74, 6) is -1.54. The highest BCUT2D eigenvalue weighted by Gasteiger charge is 2.39. The van der Waals surface area contributed by atoms with Crippen LogP contribution in [0.1, 0.15) is 162 Å². The summed E-state index contributed by atoms with van der Waals surface area (Å²) in [6, 6.07) is 0. The first-order valence-electron chi connectivity index (χ1n) is 20.3. The van der Waals surface area contributed by atoms with Crippen LogP contribution >= 0.6 is 7.82 Å². The number of aliphatic hydroxyl groups excluding tert-OH is 2. The summed E-state index contributed by atoms with van der Waals surface area (Å²) in [6.07, 6.45) is 21.5. The predicted octanol–water partition coefficient (Wildman–Crippen LogP) is 7.64. The molecule has 0 aromatic carbocycles. The Kier molecular flexibility index (Phi) is 28.5. The topological polar surface area (TPSA) is 192 Å². The lowest BCUT2D eigenvalue weighted by atomic mass is 9.88. The summed E-state index contributed by atoms with van der Waals surface area (Å²) in [7, 11) is -4.42. The first kappa shape index (κ1) is 48.4. The summed E-state index contributed by atoms with van der Waals surface area (Å²) in [5.41, 5.74) is 5.33. The van der Waals surface area contributed by atoms with Crippen LogP contribution in [0.3, 0.4) is 0 Å². The molecule has 0 amide bonds. The van der Waals surface area contributed by atoms with E-state index >= 15 is 0 Å². The molecule has 1 unspecified atom stereocenters. The number of ether oxygens (including phenoxy) is 2. The van der Waals surface area contributed by atoms with Crippen LogP contribution in [0, 0.1) is 11.8 Å². The fraction of sp³-hybridized carbons (Fsp3) is 0.872. The van der Waals surface area contributed by atoms with Gasteiger partial charge in [0.15, 0.2) is 6.10 Å². The van der Waals surface area contributed by atoms with E-state index in [0.717, 1.165) is 57.8 Å². The van der Waals surface area contributed by atoms with Gasteiger partial charge in [-0.25, -0.2) is 4.57 Å². The number of phosphoric ester groups is 1.